The summed E-state index contributed by atoms with van der Waals surface area (Å²) in [4.78, 5) is 24.7. The molecule has 0 radical (unpaired) electrons. The van der Waals surface area contributed by atoms with E-state index < -0.39 is 18.1 Å². The van der Waals surface area contributed by atoms with Crippen molar-refractivity contribution in [1.29, 1.82) is 5.26 Å². The van der Waals surface area contributed by atoms with E-state index in [1.807, 2.05) is 54.7 Å². The predicted molar refractivity (Wildman–Crippen MR) is 110 cm³/mol. The van der Waals surface area contributed by atoms with Gasteiger partial charge in [0.1, 0.15) is 25.3 Å². The second-order valence-corrected chi connectivity index (χ2v) is 7.17. The fraction of sp³-hybridized carbons (Fsp3) is 0.261. The number of carbonyl (C=O) groups excluding carboxylic acids is 2. The van der Waals surface area contributed by atoms with Crippen LogP contribution in [0.3, 0.4) is 0 Å². The highest BCUT2D eigenvalue weighted by Crippen LogP contribution is 2.19. The molecule has 0 aliphatic heterocycles. The van der Waals surface area contributed by atoms with Crippen molar-refractivity contribution < 1.29 is 19.1 Å². The van der Waals surface area contributed by atoms with Crippen LogP contribution in [0.5, 0.6) is 0 Å². The Balaban J connectivity index is 1.60. The topological polar surface area (TPSA) is 92.8 Å². The van der Waals surface area contributed by atoms with E-state index in [2.05, 4.69) is 11.4 Å². The lowest BCUT2D eigenvalue weighted by atomic mass is 10.1. The summed E-state index contributed by atoms with van der Waals surface area (Å²) < 4.78 is 12.4. The molecule has 1 N–H and O–H groups in total. The number of carbonyl (C=O) groups is 2. The summed E-state index contributed by atoms with van der Waals surface area (Å²) in [7, 11) is 0. The average Bonchev–Trinajstić information content (AvgIpc) is 3.12. The normalized spacial score (nSPS) is 11.7. The summed E-state index contributed by atoms with van der Waals surface area (Å²) in [5.74, 6) is -0.786. The number of fused-ring (bicyclic) bond motifs is 1. The number of nitriles is 1. The molecule has 1 atom stereocenters. The first-order valence-electron chi connectivity index (χ1n) is 9.62. The van der Waals surface area contributed by atoms with Crippen LogP contribution in [-0.4, -0.2) is 22.5 Å². The third-order valence-electron chi connectivity index (χ3n) is 4.65. The largest absolute Gasteiger partial charge is 0.459 e. The van der Waals surface area contributed by atoms with Crippen molar-refractivity contribution in [3.8, 4) is 6.07 Å². The zero-order valence-electron chi connectivity index (χ0n) is 16.9. The number of aromatic nitrogens is 1. The second-order valence-electron chi connectivity index (χ2n) is 7.17. The van der Waals surface area contributed by atoms with E-state index in [9.17, 15) is 14.9 Å². The predicted octanol–water partition coefficient (Wildman–Crippen LogP) is 3.81. The van der Waals surface area contributed by atoms with Gasteiger partial charge >= 0.3 is 12.1 Å². The first-order chi connectivity index (χ1) is 14.5. The number of alkyl carbamates (subject to hydrolysis) is 1. The van der Waals surface area contributed by atoms with Gasteiger partial charge in [-0.05, 0) is 23.6 Å². The van der Waals surface area contributed by atoms with Gasteiger partial charge in [-0.3, -0.25) is 0 Å². The Kier molecular flexibility index (Phi) is 6.71. The van der Waals surface area contributed by atoms with Gasteiger partial charge in [-0.25, -0.2) is 9.59 Å². The molecule has 7 nitrogen and oxygen atoms in total. The van der Waals surface area contributed by atoms with E-state index in [4.69, 9.17) is 9.47 Å². The number of esters is 1. The molecule has 0 unspecified atom stereocenters. The van der Waals surface area contributed by atoms with E-state index >= 15 is 0 Å². The molecule has 2 aromatic heterocycles. The van der Waals surface area contributed by atoms with Crippen LogP contribution in [0.15, 0.2) is 60.9 Å². The first-order valence-corrected chi connectivity index (χ1v) is 9.62. The van der Waals surface area contributed by atoms with Gasteiger partial charge in [-0.2, -0.15) is 5.26 Å². The molecule has 0 saturated carbocycles. The Morgan fingerprint density at radius 3 is 2.50 bits per heavy atom. The van der Waals surface area contributed by atoms with Crippen molar-refractivity contribution in [3.05, 3.63) is 77.6 Å². The smallest absolute Gasteiger partial charge is 0.408 e. The maximum atomic E-state index is 12.6. The monoisotopic (exact) mass is 405 g/mol. The van der Waals surface area contributed by atoms with Crippen molar-refractivity contribution >= 4 is 17.6 Å². The number of rotatable bonds is 7. The third kappa shape index (κ3) is 4.97. The highest BCUT2D eigenvalue weighted by Gasteiger charge is 2.27. The third-order valence-corrected chi connectivity index (χ3v) is 4.65. The van der Waals surface area contributed by atoms with Gasteiger partial charge in [0.2, 0.25) is 0 Å². The Bertz CT molecular complexity index is 1070. The number of ether oxygens (including phenoxy) is 2. The number of nitrogens with one attached hydrogen (secondary N) is 1. The van der Waals surface area contributed by atoms with Crippen molar-refractivity contribution in [2.24, 2.45) is 5.92 Å². The number of pyridine rings is 1. The fourth-order valence-electron chi connectivity index (χ4n) is 3.04. The molecule has 0 aliphatic rings. The van der Waals surface area contributed by atoms with Crippen LogP contribution in [-0.2, 0) is 27.5 Å². The van der Waals surface area contributed by atoms with Gasteiger partial charge in [0.25, 0.3) is 0 Å². The Hall–Kier alpha value is -3.79. The van der Waals surface area contributed by atoms with Crippen LogP contribution in [0, 0.1) is 17.2 Å². The molecule has 3 rings (SSSR count). The molecular weight excluding hydrogens is 382 g/mol. The molecule has 0 saturated heterocycles. The number of amides is 1. The maximum Gasteiger partial charge on any atom is 0.408 e. The molecule has 154 valence electrons. The summed E-state index contributed by atoms with van der Waals surface area (Å²) in [5, 5.41) is 12.0. The highest BCUT2D eigenvalue weighted by molar-refractivity contribution is 5.81. The zero-order valence-corrected chi connectivity index (χ0v) is 16.9. The molecule has 0 bridgehead atoms. The summed E-state index contributed by atoms with van der Waals surface area (Å²) in [6.07, 6.45) is 2.89. The number of nitrogens with zero attached hydrogens (tertiary/aromatic N) is 2. The van der Waals surface area contributed by atoms with Gasteiger partial charge in [-0.1, -0.05) is 50.2 Å². The lowest BCUT2D eigenvalue weighted by Crippen LogP contribution is -2.45. The molecular formula is C23H23N3O4. The molecule has 0 spiro atoms. The van der Waals surface area contributed by atoms with Crippen LogP contribution in [0.4, 0.5) is 4.79 Å². The molecule has 0 aliphatic carbocycles. The summed E-state index contributed by atoms with van der Waals surface area (Å²) >= 11 is 0. The molecule has 0 fully saturated rings. The average molecular weight is 405 g/mol. The van der Waals surface area contributed by atoms with Gasteiger partial charge in [0.05, 0.1) is 11.1 Å². The van der Waals surface area contributed by atoms with Crippen LogP contribution in [0.1, 0.15) is 30.5 Å². The van der Waals surface area contributed by atoms with Crippen molar-refractivity contribution in [2.75, 3.05) is 0 Å². The minimum Gasteiger partial charge on any atom is -0.459 e. The zero-order chi connectivity index (χ0) is 21.5. The van der Waals surface area contributed by atoms with E-state index in [1.54, 1.807) is 24.4 Å². The molecule has 7 heteroatoms. The fourth-order valence-corrected chi connectivity index (χ4v) is 3.04. The van der Waals surface area contributed by atoms with Gasteiger partial charge in [-0.15, -0.1) is 0 Å². The number of hydrogen-bond donors (Lipinski definition) is 1. The minimum absolute atomic E-state index is 0.0621. The number of hydrogen-bond acceptors (Lipinski definition) is 5. The van der Waals surface area contributed by atoms with E-state index in [0.717, 1.165) is 11.1 Å². The quantitative estimate of drug-likeness (QED) is 0.604. The maximum absolute atomic E-state index is 12.6. The minimum atomic E-state index is -0.865. The Labute approximate surface area is 174 Å². The van der Waals surface area contributed by atoms with E-state index in [0.29, 0.717) is 11.1 Å². The molecule has 1 aromatic carbocycles. The summed E-state index contributed by atoms with van der Waals surface area (Å²) in [5.41, 5.74) is 2.65. The molecule has 1 amide bonds. The van der Waals surface area contributed by atoms with E-state index in [-0.39, 0.29) is 19.1 Å². The SMILES string of the molecule is CC(C)[C@@H](NC(=O)OCc1ccccc1)C(=O)OCc1cn2ccccc2c1C#N. The second kappa shape index (κ2) is 9.61. The van der Waals surface area contributed by atoms with Gasteiger partial charge in [0, 0.05) is 18.0 Å². The molecule has 3 aromatic rings. The van der Waals surface area contributed by atoms with Crippen LogP contribution in [0.25, 0.3) is 5.52 Å². The Morgan fingerprint density at radius 2 is 1.80 bits per heavy atom. The van der Waals surface area contributed by atoms with Crippen LogP contribution >= 0.6 is 0 Å². The molecule has 2 heterocycles. The van der Waals surface area contributed by atoms with Crippen molar-refractivity contribution in [1.82, 2.24) is 9.72 Å². The van der Waals surface area contributed by atoms with Crippen molar-refractivity contribution in [2.45, 2.75) is 33.1 Å². The van der Waals surface area contributed by atoms with Gasteiger partial charge < -0.3 is 19.2 Å². The lowest BCUT2D eigenvalue weighted by Gasteiger charge is -2.20. The van der Waals surface area contributed by atoms with Crippen LogP contribution in [0.2, 0.25) is 0 Å². The standard InChI is InChI=1S/C23H23N3O4/c1-16(2)21(25-23(28)30-14-17-8-4-3-5-9-17)22(27)29-15-18-13-26-11-7-6-10-20(26)19(18)12-24/h3-11,13,16,21H,14-15H2,1-2H3,(H,25,28)/t21-/m1/s1. The summed E-state index contributed by atoms with van der Waals surface area (Å²) in [6, 6.07) is 16.1. The summed E-state index contributed by atoms with van der Waals surface area (Å²) in [6.45, 7) is 3.65. The van der Waals surface area contributed by atoms with Crippen LogP contribution < -0.4 is 5.32 Å². The molecule has 30 heavy (non-hydrogen) atoms. The van der Waals surface area contributed by atoms with Crippen molar-refractivity contribution in [3.63, 3.8) is 0 Å². The first kappa shape index (κ1) is 20.9. The Morgan fingerprint density at radius 1 is 1.07 bits per heavy atom. The number of benzene rings is 1. The lowest BCUT2D eigenvalue weighted by molar-refractivity contribution is -0.148. The highest BCUT2D eigenvalue weighted by atomic mass is 16.6. The van der Waals surface area contributed by atoms with E-state index in [1.165, 1.54) is 0 Å². The van der Waals surface area contributed by atoms with Gasteiger partial charge in [0.15, 0.2) is 0 Å².